The molecule has 2 fully saturated rings. The van der Waals surface area contributed by atoms with Gasteiger partial charge in [0.05, 0.1) is 25.3 Å². The van der Waals surface area contributed by atoms with Crippen molar-refractivity contribution in [1.29, 1.82) is 0 Å². The van der Waals surface area contributed by atoms with Crippen LogP contribution >= 0.6 is 22.9 Å². The van der Waals surface area contributed by atoms with Crippen LogP contribution in [0.1, 0.15) is 26.7 Å². The third-order valence-corrected chi connectivity index (χ3v) is 7.50. The summed E-state index contributed by atoms with van der Waals surface area (Å²) < 4.78 is 32.9. The summed E-state index contributed by atoms with van der Waals surface area (Å²) in [7, 11) is 0. The van der Waals surface area contributed by atoms with Crippen LogP contribution in [-0.4, -0.2) is 59.5 Å². The molecule has 10 heteroatoms. The fraction of sp³-hybridized carbons (Fsp3) is 0.480. The number of carbonyl (C=O) groups is 1. The van der Waals surface area contributed by atoms with E-state index < -0.39 is 5.82 Å². The third kappa shape index (κ3) is 5.52. The van der Waals surface area contributed by atoms with Gasteiger partial charge in [-0.2, -0.15) is 0 Å². The number of aromatic nitrogens is 2. The van der Waals surface area contributed by atoms with Crippen LogP contribution < -0.4 is 4.74 Å². The minimum absolute atomic E-state index is 0.0554. The van der Waals surface area contributed by atoms with Crippen LogP contribution in [-0.2, 0) is 9.47 Å². The maximum absolute atomic E-state index is 14.5. The molecule has 1 saturated heterocycles. The summed E-state index contributed by atoms with van der Waals surface area (Å²) >= 11 is 7.30. The van der Waals surface area contributed by atoms with Gasteiger partial charge in [0.1, 0.15) is 22.4 Å². The van der Waals surface area contributed by atoms with Crippen molar-refractivity contribution in [2.45, 2.75) is 32.3 Å². The van der Waals surface area contributed by atoms with E-state index in [9.17, 15) is 9.18 Å². The molecule has 2 aliphatic rings. The van der Waals surface area contributed by atoms with Crippen LogP contribution in [0, 0.1) is 17.7 Å². The van der Waals surface area contributed by atoms with Gasteiger partial charge >= 0.3 is 6.09 Å². The van der Waals surface area contributed by atoms with Gasteiger partial charge in [-0.15, -0.1) is 11.3 Å². The molecule has 1 amide bonds. The first-order valence-electron chi connectivity index (χ1n) is 11.7. The standard InChI is InChI=1S/C25H27ClFN3O4S/c1-15-8-30(24(31)34-25(2)5-6-25)9-16(11-32-10-15)12-33-23-22-21(28-14-29-23)19(13-35-22)18-4-3-17(26)7-20(18)27/h3-4,7,13-16H,5-6,8-12H2,1-2H3. The van der Waals surface area contributed by atoms with E-state index in [1.807, 2.05) is 12.3 Å². The molecule has 1 saturated carbocycles. The molecule has 1 aliphatic carbocycles. The monoisotopic (exact) mass is 519 g/mol. The van der Waals surface area contributed by atoms with Crippen molar-refractivity contribution in [1.82, 2.24) is 14.9 Å². The molecule has 0 N–H and O–H groups in total. The Bertz CT molecular complexity index is 1230. The lowest BCUT2D eigenvalue weighted by Crippen LogP contribution is -2.45. The first-order chi connectivity index (χ1) is 16.8. The van der Waals surface area contributed by atoms with E-state index in [1.54, 1.807) is 17.0 Å². The van der Waals surface area contributed by atoms with E-state index in [-0.39, 0.29) is 23.5 Å². The van der Waals surface area contributed by atoms with Crippen LogP contribution in [0.25, 0.3) is 21.3 Å². The van der Waals surface area contributed by atoms with Crippen molar-refractivity contribution in [3.63, 3.8) is 0 Å². The predicted molar refractivity (Wildman–Crippen MR) is 132 cm³/mol. The number of thiophene rings is 1. The topological polar surface area (TPSA) is 73.8 Å². The number of halogens is 2. The Balaban J connectivity index is 1.31. The molecule has 1 aliphatic heterocycles. The molecule has 3 aromatic rings. The van der Waals surface area contributed by atoms with Gasteiger partial charge in [-0.25, -0.2) is 19.2 Å². The molecule has 5 rings (SSSR count). The molecule has 1 aromatic carbocycles. The minimum atomic E-state index is -0.411. The molecule has 0 radical (unpaired) electrons. The minimum Gasteiger partial charge on any atom is -0.476 e. The number of ether oxygens (including phenoxy) is 3. The lowest BCUT2D eigenvalue weighted by Gasteiger charge is -2.32. The zero-order valence-corrected chi connectivity index (χ0v) is 21.2. The Hall–Kier alpha value is -2.49. The second kappa shape index (κ2) is 9.87. The van der Waals surface area contributed by atoms with E-state index >= 15 is 0 Å². The van der Waals surface area contributed by atoms with Gasteiger partial charge in [0, 0.05) is 40.5 Å². The number of hydrogen-bond donors (Lipinski definition) is 0. The fourth-order valence-corrected chi connectivity index (χ4v) is 5.25. The molecule has 186 valence electrons. The van der Waals surface area contributed by atoms with Crippen LogP contribution in [0.2, 0.25) is 5.02 Å². The molecule has 2 atom stereocenters. The molecular formula is C25H27ClFN3O4S. The Morgan fingerprint density at radius 3 is 2.89 bits per heavy atom. The molecule has 35 heavy (non-hydrogen) atoms. The molecule has 7 nitrogen and oxygen atoms in total. The summed E-state index contributed by atoms with van der Waals surface area (Å²) in [5.74, 6) is 0.179. The van der Waals surface area contributed by atoms with E-state index in [2.05, 4.69) is 16.9 Å². The second-order valence-corrected chi connectivity index (χ2v) is 11.0. The maximum atomic E-state index is 14.5. The van der Waals surface area contributed by atoms with E-state index in [1.165, 1.54) is 23.7 Å². The Morgan fingerprint density at radius 2 is 2.11 bits per heavy atom. The Morgan fingerprint density at radius 1 is 1.29 bits per heavy atom. The molecule has 0 bridgehead atoms. The highest BCUT2D eigenvalue weighted by Gasteiger charge is 2.43. The van der Waals surface area contributed by atoms with E-state index in [0.29, 0.717) is 60.5 Å². The van der Waals surface area contributed by atoms with Gasteiger partial charge in [0.25, 0.3) is 0 Å². The van der Waals surface area contributed by atoms with Crippen molar-refractivity contribution in [2.75, 3.05) is 32.9 Å². The molecule has 3 heterocycles. The SMILES string of the molecule is CC1COCC(COc2ncnc3c(-c4ccc(Cl)cc4F)csc23)CN(C(=O)OC2(C)CC2)C1. The number of nitrogens with zero attached hydrogens (tertiary/aromatic N) is 3. The smallest absolute Gasteiger partial charge is 0.410 e. The summed E-state index contributed by atoms with van der Waals surface area (Å²) in [6.45, 7) is 6.41. The largest absolute Gasteiger partial charge is 0.476 e. The molecule has 0 spiro atoms. The van der Waals surface area contributed by atoms with E-state index in [4.69, 9.17) is 25.8 Å². The number of rotatable bonds is 5. The van der Waals surface area contributed by atoms with E-state index in [0.717, 1.165) is 17.5 Å². The molecular weight excluding hydrogens is 493 g/mol. The predicted octanol–water partition coefficient (Wildman–Crippen LogP) is 5.80. The first-order valence-corrected chi connectivity index (χ1v) is 12.9. The summed E-state index contributed by atoms with van der Waals surface area (Å²) in [5.41, 5.74) is 1.38. The summed E-state index contributed by atoms with van der Waals surface area (Å²) in [6, 6.07) is 4.58. The normalized spacial score (nSPS) is 21.9. The van der Waals surface area contributed by atoms with Crippen LogP contribution in [0.15, 0.2) is 29.9 Å². The van der Waals surface area contributed by atoms with Crippen LogP contribution in [0.3, 0.4) is 0 Å². The summed E-state index contributed by atoms with van der Waals surface area (Å²) in [4.78, 5) is 23.3. The number of amides is 1. The highest BCUT2D eigenvalue weighted by Crippen LogP contribution is 2.40. The van der Waals surface area contributed by atoms with Gasteiger partial charge in [0.2, 0.25) is 5.88 Å². The van der Waals surface area contributed by atoms with Crippen molar-refractivity contribution < 1.29 is 23.4 Å². The van der Waals surface area contributed by atoms with Gasteiger partial charge in [-0.05, 0) is 43.9 Å². The zero-order valence-electron chi connectivity index (χ0n) is 19.6. The highest BCUT2D eigenvalue weighted by molar-refractivity contribution is 7.18. The van der Waals surface area contributed by atoms with Crippen molar-refractivity contribution in [2.24, 2.45) is 11.8 Å². The Kier molecular flexibility index (Phi) is 6.83. The average Bonchev–Trinajstić information content (AvgIpc) is 3.36. The quantitative estimate of drug-likeness (QED) is 0.424. The lowest BCUT2D eigenvalue weighted by molar-refractivity contribution is -0.00139. The highest BCUT2D eigenvalue weighted by atomic mass is 35.5. The lowest BCUT2D eigenvalue weighted by atomic mass is 10.1. The first kappa shape index (κ1) is 24.2. The summed E-state index contributed by atoms with van der Waals surface area (Å²) in [5, 5.41) is 2.18. The molecule has 2 aromatic heterocycles. The van der Waals surface area contributed by atoms with Gasteiger partial charge in [-0.1, -0.05) is 18.5 Å². The zero-order chi connectivity index (χ0) is 24.6. The van der Waals surface area contributed by atoms with Crippen molar-refractivity contribution in [3.8, 4) is 17.0 Å². The van der Waals surface area contributed by atoms with Crippen LogP contribution in [0.5, 0.6) is 5.88 Å². The number of carbonyl (C=O) groups excluding carboxylic acids is 1. The van der Waals surface area contributed by atoms with Gasteiger partial charge < -0.3 is 19.1 Å². The van der Waals surface area contributed by atoms with Gasteiger partial charge in [-0.3, -0.25) is 0 Å². The Labute approximate surface area is 212 Å². The van der Waals surface area contributed by atoms with Gasteiger partial charge in [0.15, 0.2) is 0 Å². The average molecular weight is 520 g/mol. The maximum Gasteiger partial charge on any atom is 0.410 e. The second-order valence-electron chi connectivity index (χ2n) is 9.67. The number of hydrogen-bond acceptors (Lipinski definition) is 7. The summed E-state index contributed by atoms with van der Waals surface area (Å²) in [6.07, 6.45) is 2.95. The van der Waals surface area contributed by atoms with Crippen LogP contribution in [0.4, 0.5) is 9.18 Å². The van der Waals surface area contributed by atoms with Crippen molar-refractivity contribution in [3.05, 3.63) is 40.7 Å². The number of fused-ring (bicyclic) bond motifs is 1. The molecule has 2 unspecified atom stereocenters. The fourth-order valence-electron chi connectivity index (χ4n) is 4.13. The van der Waals surface area contributed by atoms with Crippen molar-refractivity contribution >= 4 is 39.2 Å². The third-order valence-electron chi connectivity index (χ3n) is 6.31. The number of benzene rings is 1.